The van der Waals surface area contributed by atoms with Crippen LogP contribution >= 0.6 is 15.9 Å². The zero-order chi connectivity index (χ0) is 18.0. The van der Waals surface area contributed by atoms with E-state index in [0.717, 1.165) is 5.39 Å². The Morgan fingerprint density at radius 2 is 1.92 bits per heavy atom. The van der Waals surface area contributed by atoms with Crippen molar-refractivity contribution in [2.75, 3.05) is 6.54 Å². The summed E-state index contributed by atoms with van der Waals surface area (Å²) in [5, 5.41) is 4.26. The standard InChI is InChI=1S/C15H13BrF3NO3S/c1-2-7-20-9-13-12-8-11(16)5-3-10(12)4-6-14(13)23-24(21,22)15(17,18)19/h2-6,8,20H,1,7,9H2. The van der Waals surface area contributed by atoms with E-state index in [2.05, 4.69) is 32.0 Å². The van der Waals surface area contributed by atoms with Gasteiger partial charge in [-0.05, 0) is 29.0 Å². The molecule has 4 nitrogen and oxygen atoms in total. The lowest BCUT2D eigenvalue weighted by Crippen LogP contribution is -2.28. The Kier molecular flexibility index (Phi) is 5.56. The third kappa shape index (κ3) is 4.08. The van der Waals surface area contributed by atoms with Gasteiger partial charge < -0.3 is 9.50 Å². The first-order valence-electron chi connectivity index (χ1n) is 6.69. The van der Waals surface area contributed by atoms with Crippen molar-refractivity contribution in [3.63, 3.8) is 0 Å². The summed E-state index contributed by atoms with van der Waals surface area (Å²) < 4.78 is 65.4. The number of halogens is 4. The van der Waals surface area contributed by atoms with Crippen LogP contribution in [-0.2, 0) is 16.7 Å². The Morgan fingerprint density at radius 1 is 1.25 bits per heavy atom. The molecular weight excluding hydrogens is 411 g/mol. The van der Waals surface area contributed by atoms with Crippen LogP contribution in [0, 0.1) is 0 Å². The van der Waals surface area contributed by atoms with E-state index < -0.39 is 15.6 Å². The van der Waals surface area contributed by atoms with Gasteiger partial charge in [-0.25, -0.2) is 0 Å². The van der Waals surface area contributed by atoms with Gasteiger partial charge in [-0.2, -0.15) is 21.6 Å². The molecule has 2 aromatic rings. The quantitative estimate of drug-likeness (QED) is 0.328. The van der Waals surface area contributed by atoms with Crippen LogP contribution in [0.2, 0.25) is 0 Å². The summed E-state index contributed by atoms with van der Waals surface area (Å²) in [6.07, 6.45) is 1.58. The molecule has 0 saturated heterocycles. The summed E-state index contributed by atoms with van der Waals surface area (Å²) in [5.41, 5.74) is -5.19. The van der Waals surface area contributed by atoms with Crippen LogP contribution in [0.5, 0.6) is 5.75 Å². The number of nitrogens with one attached hydrogen (secondary N) is 1. The van der Waals surface area contributed by atoms with Crippen molar-refractivity contribution in [1.29, 1.82) is 0 Å². The number of fused-ring (bicyclic) bond motifs is 1. The molecule has 0 spiro atoms. The van der Waals surface area contributed by atoms with Crippen molar-refractivity contribution in [2.24, 2.45) is 0 Å². The fourth-order valence-electron chi connectivity index (χ4n) is 2.06. The molecule has 0 aliphatic rings. The SMILES string of the molecule is C=CCNCc1c(OS(=O)(=O)C(F)(F)F)ccc2ccc(Br)cc12. The third-order valence-electron chi connectivity index (χ3n) is 3.13. The molecule has 0 aliphatic carbocycles. The summed E-state index contributed by atoms with van der Waals surface area (Å²) in [7, 11) is -5.74. The molecule has 0 aromatic heterocycles. The molecule has 0 bridgehead atoms. The summed E-state index contributed by atoms with van der Waals surface area (Å²) in [4.78, 5) is 0. The van der Waals surface area contributed by atoms with E-state index in [4.69, 9.17) is 0 Å². The average Bonchev–Trinajstić information content (AvgIpc) is 2.48. The fraction of sp³-hybridized carbons (Fsp3) is 0.200. The Balaban J connectivity index is 2.56. The zero-order valence-electron chi connectivity index (χ0n) is 12.2. The lowest BCUT2D eigenvalue weighted by molar-refractivity contribution is -0.0500. The minimum atomic E-state index is -5.74. The highest BCUT2D eigenvalue weighted by Gasteiger charge is 2.48. The maximum Gasteiger partial charge on any atom is 0.534 e. The van der Waals surface area contributed by atoms with E-state index >= 15 is 0 Å². The highest BCUT2D eigenvalue weighted by atomic mass is 79.9. The van der Waals surface area contributed by atoms with E-state index in [0.29, 0.717) is 22.0 Å². The molecule has 130 valence electrons. The second kappa shape index (κ2) is 7.12. The third-order valence-corrected chi connectivity index (χ3v) is 4.58. The first kappa shape index (κ1) is 18.8. The summed E-state index contributed by atoms with van der Waals surface area (Å²) in [6, 6.07) is 7.94. The summed E-state index contributed by atoms with van der Waals surface area (Å²) in [6.45, 7) is 4.05. The highest BCUT2D eigenvalue weighted by Crippen LogP contribution is 2.34. The lowest BCUT2D eigenvalue weighted by Gasteiger charge is -2.15. The van der Waals surface area contributed by atoms with Crippen molar-refractivity contribution in [3.05, 3.63) is 53.0 Å². The number of hydrogen-bond donors (Lipinski definition) is 1. The molecule has 2 rings (SSSR count). The molecular formula is C15H13BrF3NO3S. The molecule has 0 saturated carbocycles. The van der Waals surface area contributed by atoms with Crippen LogP contribution in [0.4, 0.5) is 13.2 Å². The molecule has 24 heavy (non-hydrogen) atoms. The molecule has 0 radical (unpaired) electrons. The largest absolute Gasteiger partial charge is 0.534 e. The molecule has 2 aromatic carbocycles. The summed E-state index contributed by atoms with van der Waals surface area (Å²) >= 11 is 3.29. The van der Waals surface area contributed by atoms with Gasteiger partial charge in [0.1, 0.15) is 5.75 Å². The molecule has 0 aliphatic heterocycles. The highest BCUT2D eigenvalue weighted by molar-refractivity contribution is 9.10. The topological polar surface area (TPSA) is 55.4 Å². The number of hydrogen-bond acceptors (Lipinski definition) is 4. The Hall–Kier alpha value is -1.58. The van der Waals surface area contributed by atoms with Crippen LogP contribution in [0.1, 0.15) is 5.56 Å². The van der Waals surface area contributed by atoms with E-state index in [1.54, 1.807) is 24.3 Å². The molecule has 1 N–H and O–H groups in total. The van der Waals surface area contributed by atoms with Gasteiger partial charge in [0.15, 0.2) is 0 Å². The zero-order valence-corrected chi connectivity index (χ0v) is 14.6. The van der Waals surface area contributed by atoms with E-state index in [1.165, 1.54) is 12.1 Å². The van der Waals surface area contributed by atoms with Crippen molar-refractivity contribution in [2.45, 2.75) is 12.1 Å². The predicted octanol–water partition coefficient (Wildman–Crippen LogP) is 4.11. The molecule has 0 atom stereocenters. The molecule has 0 unspecified atom stereocenters. The Bertz CT molecular complexity index is 866. The van der Waals surface area contributed by atoms with Crippen LogP contribution < -0.4 is 9.50 Å². The lowest BCUT2D eigenvalue weighted by atomic mass is 10.0. The summed E-state index contributed by atoms with van der Waals surface area (Å²) in [5.74, 6) is -0.366. The monoisotopic (exact) mass is 423 g/mol. The number of alkyl halides is 3. The van der Waals surface area contributed by atoms with Gasteiger partial charge in [0.05, 0.1) is 0 Å². The maximum absolute atomic E-state index is 12.6. The van der Waals surface area contributed by atoms with Gasteiger partial charge in [0, 0.05) is 23.1 Å². The first-order valence-corrected chi connectivity index (χ1v) is 8.89. The van der Waals surface area contributed by atoms with E-state index in [1.807, 2.05) is 0 Å². The van der Waals surface area contributed by atoms with Crippen molar-refractivity contribution in [3.8, 4) is 5.75 Å². The van der Waals surface area contributed by atoms with Gasteiger partial charge in [-0.1, -0.05) is 34.1 Å². The molecule has 0 heterocycles. The van der Waals surface area contributed by atoms with Crippen LogP contribution in [0.3, 0.4) is 0 Å². The van der Waals surface area contributed by atoms with Gasteiger partial charge >= 0.3 is 15.6 Å². The van der Waals surface area contributed by atoms with Crippen molar-refractivity contribution >= 4 is 36.8 Å². The second-order valence-corrected chi connectivity index (χ2v) is 7.26. The normalized spacial score (nSPS) is 12.3. The Morgan fingerprint density at radius 3 is 2.54 bits per heavy atom. The minimum absolute atomic E-state index is 0.114. The number of benzene rings is 2. The van der Waals surface area contributed by atoms with Gasteiger partial charge in [0.2, 0.25) is 0 Å². The van der Waals surface area contributed by atoms with Gasteiger partial charge in [0.25, 0.3) is 0 Å². The van der Waals surface area contributed by atoms with Crippen LogP contribution in [0.25, 0.3) is 10.8 Å². The average molecular weight is 424 g/mol. The molecule has 9 heteroatoms. The maximum atomic E-state index is 12.6. The first-order chi connectivity index (χ1) is 11.2. The van der Waals surface area contributed by atoms with Crippen LogP contribution in [0.15, 0.2) is 47.5 Å². The number of rotatable bonds is 6. The minimum Gasteiger partial charge on any atom is -0.376 e. The predicted molar refractivity (Wildman–Crippen MR) is 89.2 cm³/mol. The van der Waals surface area contributed by atoms with Crippen molar-refractivity contribution in [1.82, 2.24) is 5.32 Å². The molecule has 0 fully saturated rings. The smallest absolute Gasteiger partial charge is 0.376 e. The fourth-order valence-corrected chi connectivity index (χ4v) is 2.91. The second-order valence-electron chi connectivity index (χ2n) is 4.81. The van der Waals surface area contributed by atoms with Crippen molar-refractivity contribution < 1.29 is 25.8 Å². The van der Waals surface area contributed by atoms with Gasteiger partial charge in [-0.3, -0.25) is 0 Å². The molecule has 0 amide bonds. The Labute approximate surface area is 145 Å². The van der Waals surface area contributed by atoms with E-state index in [-0.39, 0.29) is 12.3 Å². The van der Waals surface area contributed by atoms with Crippen LogP contribution in [-0.4, -0.2) is 20.5 Å². The van der Waals surface area contributed by atoms with Gasteiger partial charge in [-0.15, -0.1) is 6.58 Å². The van der Waals surface area contributed by atoms with E-state index in [9.17, 15) is 21.6 Å².